The van der Waals surface area contributed by atoms with Crippen LogP contribution in [0.1, 0.15) is 18.6 Å². The van der Waals surface area contributed by atoms with Crippen molar-refractivity contribution in [3.8, 4) is 0 Å². The summed E-state index contributed by atoms with van der Waals surface area (Å²) in [5, 5.41) is 10.5. The van der Waals surface area contributed by atoms with Gasteiger partial charge in [0, 0.05) is 28.1 Å². The third-order valence-electron chi connectivity index (χ3n) is 2.77. The van der Waals surface area contributed by atoms with E-state index in [-0.39, 0.29) is 10.5 Å². The van der Waals surface area contributed by atoms with Crippen molar-refractivity contribution in [3.63, 3.8) is 0 Å². The molecule has 17 heavy (non-hydrogen) atoms. The first-order valence-corrected chi connectivity index (χ1v) is 7.55. The van der Waals surface area contributed by atoms with Crippen molar-refractivity contribution < 1.29 is 13.9 Å². The van der Waals surface area contributed by atoms with Crippen molar-refractivity contribution in [2.45, 2.75) is 23.5 Å². The predicted octanol–water partition coefficient (Wildman–Crippen LogP) is 3.24. The molecule has 1 aromatic carbocycles. The van der Waals surface area contributed by atoms with Gasteiger partial charge in [-0.15, -0.1) is 0 Å². The molecule has 0 saturated carbocycles. The van der Waals surface area contributed by atoms with Crippen LogP contribution in [0, 0.1) is 11.6 Å². The Morgan fingerprint density at radius 1 is 1.18 bits per heavy atom. The first-order chi connectivity index (χ1) is 8.08. The topological polar surface area (TPSA) is 20.2 Å². The molecule has 0 amide bonds. The Labute approximate surface area is 108 Å². The zero-order chi connectivity index (χ0) is 12.4. The van der Waals surface area contributed by atoms with Gasteiger partial charge >= 0.3 is 0 Å². The van der Waals surface area contributed by atoms with Crippen LogP contribution < -0.4 is 0 Å². The van der Waals surface area contributed by atoms with Crippen LogP contribution in [0.5, 0.6) is 0 Å². The Kier molecular flexibility index (Phi) is 4.33. The predicted molar refractivity (Wildman–Crippen MR) is 69.5 cm³/mol. The molecule has 3 atom stereocenters. The zero-order valence-electron chi connectivity index (χ0n) is 9.40. The van der Waals surface area contributed by atoms with Gasteiger partial charge in [0.1, 0.15) is 11.6 Å². The highest BCUT2D eigenvalue weighted by molar-refractivity contribution is 8.07. The molecule has 1 heterocycles. The van der Waals surface area contributed by atoms with E-state index >= 15 is 0 Å². The van der Waals surface area contributed by atoms with Crippen LogP contribution in [0.4, 0.5) is 8.78 Å². The highest BCUT2D eigenvalue weighted by Crippen LogP contribution is 2.38. The maximum absolute atomic E-state index is 13.1. The quantitative estimate of drug-likeness (QED) is 0.895. The number of hydrogen-bond acceptors (Lipinski definition) is 3. The molecule has 0 aromatic heterocycles. The number of thioether (sulfide) groups is 2. The first kappa shape index (κ1) is 13.2. The summed E-state index contributed by atoms with van der Waals surface area (Å²) in [5.41, 5.74) is 0.328. The van der Waals surface area contributed by atoms with Crippen molar-refractivity contribution >= 4 is 23.5 Å². The van der Waals surface area contributed by atoms with Crippen molar-refractivity contribution in [1.82, 2.24) is 0 Å². The third-order valence-corrected chi connectivity index (χ3v) is 5.95. The van der Waals surface area contributed by atoms with E-state index in [2.05, 4.69) is 0 Å². The second kappa shape index (κ2) is 5.59. The third kappa shape index (κ3) is 3.14. The summed E-state index contributed by atoms with van der Waals surface area (Å²) < 4.78 is 26.2. The highest BCUT2D eigenvalue weighted by atomic mass is 32.2. The van der Waals surface area contributed by atoms with Crippen molar-refractivity contribution in [1.29, 1.82) is 0 Å². The van der Waals surface area contributed by atoms with Gasteiger partial charge in [0.25, 0.3) is 0 Å². The summed E-state index contributed by atoms with van der Waals surface area (Å²) in [5.74, 6) is 0.751. The maximum atomic E-state index is 13.1. The molecule has 1 nitrogen and oxygen atoms in total. The molecular formula is C12H14F2OS2. The van der Waals surface area contributed by atoms with E-state index in [0.29, 0.717) is 5.56 Å². The number of aliphatic hydroxyl groups is 1. The highest BCUT2D eigenvalue weighted by Gasteiger charge is 2.30. The van der Waals surface area contributed by atoms with Crippen LogP contribution in [0.25, 0.3) is 0 Å². The lowest BCUT2D eigenvalue weighted by Gasteiger charge is -2.31. The molecule has 1 aliphatic heterocycles. The monoisotopic (exact) mass is 276 g/mol. The summed E-state index contributed by atoms with van der Waals surface area (Å²) >= 11 is 3.46. The van der Waals surface area contributed by atoms with Crippen LogP contribution in [-0.4, -0.2) is 27.1 Å². The molecule has 0 radical (unpaired) electrons. The van der Waals surface area contributed by atoms with Gasteiger partial charge in [0.05, 0.1) is 6.10 Å². The maximum Gasteiger partial charge on any atom is 0.126 e. The molecule has 0 aliphatic carbocycles. The van der Waals surface area contributed by atoms with Crippen LogP contribution in [-0.2, 0) is 0 Å². The molecule has 2 rings (SSSR count). The number of hydrogen-bond donors (Lipinski definition) is 1. The van der Waals surface area contributed by atoms with Gasteiger partial charge in [-0.05, 0) is 17.7 Å². The molecule has 5 heteroatoms. The van der Waals surface area contributed by atoms with Crippen LogP contribution >= 0.6 is 23.5 Å². The number of halogens is 2. The summed E-state index contributed by atoms with van der Waals surface area (Å²) in [7, 11) is 0. The van der Waals surface area contributed by atoms with Crippen molar-refractivity contribution in [3.05, 3.63) is 35.4 Å². The molecule has 1 saturated heterocycles. The largest absolute Gasteiger partial charge is 0.387 e. The van der Waals surface area contributed by atoms with Gasteiger partial charge in [-0.25, -0.2) is 8.78 Å². The SMILES string of the molecule is CC1SCCSC1C(O)c1cc(F)cc(F)c1. The molecular weight excluding hydrogens is 262 g/mol. The van der Waals surface area contributed by atoms with Crippen molar-refractivity contribution in [2.75, 3.05) is 11.5 Å². The fourth-order valence-corrected chi connectivity index (χ4v) is 4.77. The van der Waals surface area contributed by atoms with E-state index in [4.69, 9.17) is 0 Å². The normalized spacial score (nSPS) is 26.8. The van der Waals surface area contributed by atoms with E-state index in [1.807, 2.05) is 6.92 Å². The Balaban J connectivity index is 2.20. The molecule has 0 bridgehead atoms. The average Bonchev–Trinajstić information content (AvgIpc) is 2.27. The summed E-state index contributed by atoms with van der Waals surface area (Å²) in [6, 6.07) is 3.24. The standard InChI is InChI=1S/C12H14F2OS2/c1-7-12(17-3-2-16-7)11(15)8-4-9(13)6-10(14)5-8/h4-7,11-12,15H,2-3H2,1H3. The Hall–Kier alpha value is -0.260. The Morgan fingerprint density at radius 3 is 2.35 bits per heavy atom. The van der Waals surface area contributed by atoms with Gasteiger partial charge in [-0.1, -0.05) is 6.92 Å². The summed E-state index contributed by atoms with van der Waals surface area (Å²) in [6.07, 6.45) is -0.812. The lowest BCUT2D eigenvalue weighted by Crippen LogP contribution is -2.29. The molecule has 94 valence electrons. The second-order valence-electron chi connectivity index (χ2n) is 4.06. The lowest BCUT2D eigenvalue weighted by atomic mass is 10.0. The van der Waals surface area contributed by atoms with E-state index in [0.717, 1.165) is 17.6 Å². The van der Waals surface area contributed by atoms with Gasteiger partial charge < -0.3 is 5.11 Å². The van der Waals surface area contributed by atoms with Crippen LogP contribution in [0.15, 0.2) is 18.2 Å². The summed E-state index contributed by atoms with van der Waals surface area (Å²) in [6.45, 7) is 2.04. The van der Waals surface area contributed by atoms with Crippen LogP contribution in [0.2, 0.25) is 0 Å². The molecule has 1 aromatic rings. The van der Waals surface area contributed by atoms with Gasteiger partial charge in [0.15, 0.2) is 0 Å². The van der Waals surface area contributed by atoms with Gasteiger partial charge in [0.2, 0.25) is 0 Å². The smallest absolute Gasteiger partial charge is 0.126 e. The average molecular weight is 276 g/mol. The minimum atomic E-state index is -0.812. The number of aliphatic hydroxyl groups excluding tert-OH is 1. The Morgan fingerprint density at radius 2 is 1.76 bits per heavy atom. The zero-order valence-corrected chi connectivity index (χ0v) is 11.0. The van der Waals surface area contributed by atoms with Crippen LogP contribution in [0.3, 0.4) is 0 Å². The molecule has 0 spiro atoms. The Bertz CT molecular complexity index is 380. The first-order valence-electron chi connectivity index (χ1n) is 5.45. The molecule has 1 N–H and O–H groups in total. The lowest BCUT2D eigenvalue weighted by molar-refractivity contribution is 0.173. The van der Waals surface area contributed by atoms with Crippen molar-refractivity contribution in [2.24, 2.45) is 0 Å². The molecule has 1 fully saturated rings. The van der Waals surface area contributed by atoms with E-state index in [1.54, 1.807) is 23.5 Å². The fourth-order valence-electron chi connectivity index (χ4n) is 1.93. The summed E-state index contributed by atoms with van der Waals surface area (Å²) in [4.78, 5) is 0. The minimum absolute atomic E-state index is 0.00468. The number of rotatable bonds is 2. The van der Waals surface area contributed by atoms with E-state index in [9.17, 15) is 13.9 Å². The fraction of sp³-hybridized carbons (Fsp3) is 0.500. The van der Waals surface area contributed by atoms with Gasteiger partial charge in [-0.2, -0.15) is 23.5 Å². The van der Waals surface area contributed by atoms with Gasteiger partial charge in [-0.3, -0.25) is 0 Å². The second-order valence-corrected chi connectivity index (χ2v) is 6.83. The van der Waals surface area contributed by atoms with E-state index in [1.165, 1.54) is 12.1 Å². The minimum Gasteiger partial charge on any atom is -0.387 e. The molecule has 3 unspecified atom stereocenters. The number of benzene rings is 1. The molecule has 1 aliphatic rings. The van der Waals surface area contributed by atoms with E-state index < -0.39 is 17.7 Å².